The molecule has 2 aromatic carbocycles. The Hall–Kier alpha value is -1.83. The second-order valence-corrected chi connectivity index (χ2v) is 9.64. The van der Waals surface area contributed by atoms with Crippen LogP contribution in [0.25, 0.3) is 0 Å². The van der Waals surface area contributed by atoms with E-state index in [1.165, 1.54) is 6.92 Å². The van der Waals surface area contributed by atoms with Crippen LogP contribution in [0.15, 0.2) is 58.3 Å². The Balaban J connectivity index is 1.89. The molecule has 0 bridgehead atoms. The average molecular weight is 391 g/mol. The van der Waals surface area contributed by atoms with Crippen molar-refractivity contribution in [3.8, 4) is 0 Å². The smallest absolute Gasteiger partial charge is 0.241 e. The van der Waals surface area contributed by atoms with Gasteiger partial charge in [-0.2, -0.15) is 0 Å². The van der Waals surface area contributed by atoms with Crippen LogP contribution in [0.2, 0.25) is 0 Å². The third-order valence-corrected chi connectivity index (χ3v) is 6.98. The summed E-state index contributed by atoms with van der Waals surface area (Å²) in [7, 11) is -3.66. The molecule has 0 aliphatic carbocycles. The summed E-state index contributed by atoms with van der Waals surface area (Å²) < 4.78 is 28.3. The fourth-order valence-electron chi connectivity index (χ4n) is 3.00. The number of sulfonamides is 1. The van der Waals surface area contributed by atoms with Crippen LogP contribution in [-0.4, -0.2) is 26.1 Å². The van der Waals surface area contributed by atoms with Crippen molar-refractivity contribution in [1.29, 1.82) is 0 Å². The van der Waals surface area contributed by atoms with Gasteiger partial charge in [0.05, 0.1) is 10.6 Å². The van der Waals surface area contributed by atoms with Gasteiger partial charge in [-0.15, -0.1) is 11.8 Å². The number of amides is 1. The lowest BCUT2D eigenvalue weighted by molar-refractivity contribution is -0.116. The van der Waals surface area contributed by atoms with E-state index in [4.69, 9.17) is 0 Å². The highest BCUT2D eigenvalue weighted by atomic mass is 32.2. The second kappa shape index (κ2) is 7.42. The number of anilines is 1. The number of benzene rings is 2. The molecule has 2 unspecified atom stereocenters. The molecule has 0 aromatic heterocycles. The van der Waals surface area contributed by atoms with E-state index >= 15 is 0 Å². The van der Waals surface area contributed by atoms with Crippen molar-refractivity contribution >= 4 is 33.4 Å². The molecule has 1 amide bonds. The number of nitrogens with zero attached hydrogens (tertiary/aromatic N) is 1. The standard InChI is InChI=1S/C19H22N2O3S2/c1-13-12-21(15(3)22)18-10-9-17(11-19(18)25-13)26(23,24)20-14(2)16-7-5-4-6-8-16/h4-11,13-14,20H,12H2,1-3H3. The molecule has 138 valence electrons. The van der Waals surface area contributed by atoms with E-state index in [0.717, 1.165) is 16.1 Å². The lowest BCUT2D eigenvalue weighted by atomic mass is 10.1. The molecule has 5 nitrogen and oxygen atoms in total. The minimum atomic E-state index is -3.66. The molecule has 1 aliphatic rings. The first kappa shape index (κ1) is 18.9. The van der Waals surface area contributed by atoms with Gasteiger partial charge >= 0.3 is 0 Å². The monoisotopic (exact) mass is 390 g/mol. The van der Waals surface area contributed by atoms with Gasteiger partial charge in [-0.3, -0.25) is 4.79 Å². The molecule has 0 saturated carbocycles. The van der Waals surface area contributed by atoms with E-state index in [1.807, 2.05) is 44.2 Å². The Morgan fingerprint density at radius 1 is 1.23 bits per heavy atom. The van der Waals surface area contributed by atoms with Crippen LogP contribution >= 0.6 is 11.8 Å². The molecule has 1 N–H and O–H groups in total. The second-order valence-electron chi connectivity index (χ2n) is 6.44. The van der Waals surface area contributed by atoms with Gasteiger partial charge in [-0.25, -0.2) is 13.1 Å². The zero-order chi connectivity index (χ0) is 18.9. The lowest BCUT2D eigenvalue weighted by Crippen LogP contribution is -2.37. The van der Waals surface area contributed by atoms with E-state index in [-0.39, 0.29) is 22.1 Å². The molecule has 2 aromatic rings. The third kappa shape index (κ3) is 3.95. The highest BCUT2D eigenvalue weighted by Crippen LogP contribution is 2.39. The fraction of sp³-hybridized carbons (Fsp3) is 0.316. The fourth-order valence-corrected chi connectivity index (χ4v) is 5.48. The molecule has 26 heavy (non-hydrogen) atoms. The van der Waals surface area contributed by atoms with Gasteiger partial charge in [0.25, 0.3) is 0 Å². The molecule has 0 fully saturated rings. The number of fused-ring (bicyclic) bond motifs is 1. The predicted octanol–water partition coefficient (Wildman–Crippen LogP) is 3.57. The van der Waals surface area contributed by atoms with Crippen LogP contribution in [0, 0.1) is 0 Å². The van der Waals surface area contributed by atoms with Gasteiger partial charge < -0.3 is 4.90 Å². The van der Waals surface area contributed by atoms with Crippen molar-refractivity contribution < 1.29 is 13.2 Å². The summed E-state index contributed by atoms with van der Waals surface area (Å²) in [6, 6.07) is 14.0. The van der Waals surface area contributed by atoms with Gasteiger partial charge in [0, 0.05) is 29.7 Å². The minimum Gasteiger partial charge on any atom is -0.310 e. The number of nitrogens with one attached hydrogen (secondary N) is 1. The summed E-state index contributed by atoms with van der Waals surface area (Å²) in [6.07, 6.45) is 0. The first-order valence-corrected chi connectivity index (χ1v) is 10.8. The maximum absolute atomic E-state index is 12.8. The number of carbonyl (C=O) groups excluding carboxylic acids is 1. The number of hydrogen-bond acceptors (Lipinski definition) is 4. The number of thioether (sulfide) groups is 1. The first-order valence-electron chi connectivity index (χ1n) is 8.44. The molecular formula is C19H22N2O3S2. The predicted molar refractivity (Wildman–Crippen MR) is 105 cm³/mol. The summed E-state index contributed by atoms with van der Waals surface area (Å²) in [5.41, 5.74) is 1.68. The van der Waals surface area contributed by atoms with Gasteiger partial charge in [0.2, 0.25) is 15.9 Å². The van der Waals surface area contributed by atoms with Gasteiger partial charge in [-0.05, 0) is 30.7 Å². The van der Waals surface area contributed by atoms with Crippen LogP contribution in [0.1, 0.15) is 32.4 Å². The quantitative estimate of drug-likeness (QED) is 0.867. The SMILES string of the molecule is CC(=O)N1CC(C)Sc2cc(S(=O)(=O)NC(C)c3ccccc3)ccc21. The Bertz CT molecular complexity index is 914. The van der Waals surface area contributed by atoms with Gasteiger partial charge in [-0.1, -0.05) is 37.3 Å². The molecule has 1 heterocycles. The molecule has 0 saturated heterocycles. The van der Waals surface area contributed by atoms with Crippen LogP contribution in [0.5, 0.6) is 0 Å². The molecule has 3 rings (SSSR count). The zero-order valence-corrected chi connectivity index (χ0v) is 16.6. The van der Waals surface area contributed by atoms with Crippen molar-refractivity contribution in [3.63, 3.8) is 0 Å². The summed E-state index contributed by atoms with van der Waals surface area (Å²) in [5, 5.41) is 0.209. The minimum absolute atomic E-state index is 0.0372. The molecule has 1 aliphatic heterocycles. The highest BCUT2D eigenvalue weighted by molar-refractivity contribution is 8.00. The van der Waals surface area contributed by atoms with Gasteiger partial charge in [0.15, 0.2) is 0 Å². The maximum Gasteiger partial charge on any atom is 0.241 e. The van der Waals surface area contributed by atoms with E-state index < -0.39 is 10.0 Å². The average Bonchev–Trinajstić information content (AvgIpc) is 2.60. The van der Waals surface area contributed by atoms with E-state index in [0.29, 0.717) is 6.54 Å². The summed E-state index contributed by atoms with van der Waals surface area (Å²) in [4.78, 5) is 14.6. The van der Waals surface area contributed by atoms with Crippen molar-refractivity contribution in [2.24, 2.45) is 0 Å². The third-order valence-electron chi connectivity index (χ3n) is 4.31. The molecule has 7 heteroatoms. The Labute approximate surface area is 158 Å². The normalized spacial score (nSPS) is 18.3. The molecule has 0 radical (unpaired) electrons. The molecule has 2 atom stereocenters. The Kier molecular flexibility index (Phi) is 5.41. The summed E-state index contributed by atoms with van der Waals surface area (Å²) >= 11 is 1.59. The van der Waals surface area contributed by atoms with Crippen LogP contribution in [0.4, 0.5) is 5.69 Å². The lowest BCUT2D eigenvalue weighted by Gasteiger charge is -2.32. The number of rotatable bonds is 4. The zero-order valence-electron chi connectivity index (χ0n) is 15.0. The number of hydrogen-bond donors (Lipinski definition) is 1. The van der Waals surface area contributed by atoms with E-state index in [2.05, 4.69) is 4.72 Å². The topological polar surface area (TPSA) is 66.5 Å². The first-order chi connectivity index (χ1) is 12.3. The summed E-state index contributed by atoms with van der Waals surface area (Å²) in [6.45, 7) is 6.00. The van der Waals surface area contributed by atoms with Crippen molar-refractivity contribution in [2.75, 3.05) is 11.4 Å². The van der Waals surface area contributed by atoms with E-state index in [1.54, 1.807) is 34.9 Å². The van der Waals surface area contributed by atoms with Crippen LogP contribution in [0.3, 0.4) is 0 Å². The number of carbonyl (C=O) groups is 1. The van der Waals surface area contributed by atoms with Crippen LogP contribution < -0.4 is 9.62 Å². The Morgan fingerprint density at radius 2 is 1.92 bits per heavy atom. The Morgan fingerprint density at radius 3 is 2.58 bits per heavy atom. The molecular weight excluding hydrogens is 368 g/mol. The highest BCUT2D eigenvalue weighted by Gasteiger charge is 2.27. The van der Waals surface area contributed by atoms with E-state index in [9.17, 15) is 13.2 Å². The van der Waals surface area contributed by atoms with Gasteiger partial charge in [0.1, 0.15) is 0 Å². The van der Waals surface area contributed by atoms with Crippen molar-refractivity contribution in [2.45, 2.75) is 41.9 Å². The summed E-state index contributed by atoms with van der Waals surface area (Å²) in [5.74, 6) is -0.0372. The maximum atomic E-state index is 12.8. The van der Waals surface area contributed by atoms with Crippen molar-refractivity contribution in [1.82, 2.24) is 4.72 Å². The largest absolute Gasteiger partial charge is 0.310 e. The molecule has 0 spiro atoms. The van der Waals surface area contributed by atoms with Crippen LogP contribution in [-0.2, 0) is 14.8 Å². The van der Waals surface area contributed by atoms with Crippen molar-refractivity contribution in [3.05, 3.63) is 54.1 Å².